The number of hydrogen-bond donors (Lipinski definition) is 2. The molecule has 1 heterocycles. The van der Waals surface area contributed by atoms with Gasteiger partial charge in [0.25, 0.3) is 3.79 Å². The zero-order chi connectivity index (χ0) is 14.1. The molecule has 0 radical (unpaired) electrons. The van der Waals surface area contributed by atoms with Crippen LogP contribution in [0.4, 0.5) is 0 Å². The summed E-state index contributed by atoms with van der Waals surface area (Å²) in [6.45, 7) is 5.92. The van der Waals surface area contributed by atoms with Crippen LogP contribution in [-0.4, -0.2) is 33.8 Å². The molecular formula is C11H18Cl3NO3. The van der Waals surface area contributed by atoms with E-state index in [9.17, 15) is 5.11 Å². The van der Waals surface area contributed by atoms with E-state index in [0.29, 0.717) is 0 Å². The Balaban J connectivity index is 2.74. The molecule has 18 heavy (non-hydrogen) atoms. The first kappa shape index (κ1) is 16.3. The molecule has 7 heteroatoms. The summed E-state index contributed by atoms with van der Waals surface area (Å²) in [4.78, 5) is 0. The molecule has 0 aliphatic carbocycles. The van der Waals surface area contributed by atoms with Gasteiger partial charge in [0.05, 0.1) is 12.7 Å². The smallest absolute Gasteiger partial charge is 0.265 e. The predicted octanol–water partition coefficient (Wildman–Crippen LogP) is 2.98. The average Bonchev–Trinajstić information content (AvgIpc) is 2.28. The van der Waals surface area contributed by atoms with Crippen LogP contribution in [0.15, 0.2) is 0 Å². The normalized spacial score (nSPS) is 37.4. The molecule has 4 nitrogen and oxygen atoms in total. The highest BCUT2D eigenvalue weighted by Crippen LogP contribution is 2.37. The van der Waals surface area contributed by atoms with Crippen molar-refractivity contribution in [3.05, 3.63) is 0 Å². The maximum atomic E-state index is 9.26. The minimum atomic E-state index is -1.90. The van der Waals surface area contributed by atoms with E-state index in [1.807, 2.05) is 13.8 Å². The van der Waals surface area contributed by atoms with Crippen LogP contribution in [0.25, 0.3) is 0 Å². The molecule has 106 valence electrons. The lowest BCUT2D eigenvalue weighted by atomic mass is 9.79. The van der Waals surface area contributed by atoms with E-state index in [1.165, 1.54) is 0 Å². The van der Waals surface area contributed by atoms with Crippen molar-refractivity contribution in [2.45, 2.75) is 37.0 Å². The number of nitrogens with one attached hydrogen (secondary N) is 1. The first-order chi connectivity index (χ1) is 8.18. The van der Waals surface area contributed by atoms with Crippen LogP contribution < -0.4 is 0 Å². The van der Waals surface area contributed by atoms with Gasteiger partial charge in [-0.3, -0.25) is 5.41 Å². The van der Waals surface area contributed by atoms with E-state index in [-0.39, 0.29) is 30.5 Å². The van der Waals surface area contributed by atoms with E-state index in [4.69, 9.17) is 49.7 Å². The Morgan fingerprint density at radius 1 is 1.22 bits per heavy atom. The summed E-state index contributed by atoms with van der Waals surface area (Å²) < 4.78 is 8.98. The van der Waals surface area contributed by atoms with E-state index in [0.717, 1.165) is 0 Å². The number of ether oxygens (including phenoxy) is 2. The van der Waals surface area contributed by atoms with Gasteiger partial charge in [0, 0.05) is 5.92 Å². The average molecular weight is 319 g/mol. The number of hydrogen-bond acceptors (Lipinski definition) is 4. The van der Waals surface area contributed by atoms with Gasteiger partial charge in [-0.15, -0.1) is 0 Å². The Labute approximate surface area is 122 Å². The number of halogens is 3. The molecule has 1 fully saturated rings. The summed E-state index contributed by atoms with van der Waals surface area (Å²) in [5.74, 6) is 0.0363. The molecule has 0 spiro atoms. The lowest BCUT2D eigenvalue weighted by molar-refractivity contribution is -0.225. The van der Waals surface area contributed by atoms with E-state index < -0.39 is 16.0 Å². The highest BCUT2D eigenvalue weighted by Gasteiger charge is 2.42. The van der Waals surface area contributed by atoms with Crippen molar-refractivity contribution < 1.29 is 14.6 Å². The van der Waals surface area contributed by atoms with Crippen molar-refractivity contribution in [1.29, 1.82) is 5.41 Å². The zero-order valence-electron chi connectivity index (χ0n) is 10.5. The molecule has 1 aliphatic rings. The van der Waals surface area contributed by atoms with Gasteiger partial charge in [-0.1, -0.05) is 55.6 Å². The second kappa shape index (κ2) is 6.14. The van der Waals surface area contributed by atoms with Gasteiger partial charge in [-0.05, 0) is 11.8 Å². The Morgan fingerprint density at radius 3 is 2.22 bits per heavy atom. The second-order valence-corrected chi connectivity index (χ2v) is 7.03. The van der Waals surface area contributed by atoms with Crippen LogP contribution in [0.1, 0.15) is 20.8 Å². The monoisotopic (exact) mass is 317 g/mol. The van der Waals surface area contributed by atoms with Crippen LogP contribution in [0.3, 0.4) is 0 Å². The maximum Gasteiger partial charge on any atom is 0.265 e. The van der Waals surface area contributed by atoms with Crippen LogP contribution in [0.2, 0.25) is 0 Å². The summed E-state index contributed by atoms with van der Waals surface area (Å²) in [7, 11) is 0. The zero-order valence-corrected chi connectivity index (χ0v) is 12.8. The van der Waals surface area contributed by atoms with E-state index >= 15 is 0 Å². The lowest BCUT2D eigenvalue weighted by Gasteiger charge is -2.42. The second-order valence-electron chi connectivity index (χ2n) is 4.75. The summed E-state index contributed by atoms with van der Waals surface area (Å²) in [5, 5.41) is 16.8. The summed E-state index contributed by atoms with van der Waals surface area (Å²) in [5.41, 5.74) is 0. The maximum absolute atomic E-state index is 9.26. The quantitative estimate of drug-likeness (QED) is 0.467. The highest BCUT2D eigenvalue weighted by atomic mass is 35.6. The standard InChI is InChI=1S/C11H18Cl3NO3/c1-5-6(2)8(4-16)17-9(7(5)3)18-10(15)11(12,13)14/h5-9,15-16H,4H2,1-3H3/t5?,6-,7?,8?,9+/m1/s1. The molecule has 2 N–H and O–H groups in total. The predicted molar refractivity (Wildman–Crippen MR) is 72.3 cm³/mol. The molecule has 1 saturated heterocycles. The molecule has 5 atom stereocenters. The van der Waals surface area contributed by atoms with Gasteiger partial charge in [0.1, 0.15) is 0 Å². The van der Waals surface area contributed by atoms with Gasteiger partial charge in [0.2, 0.25) is 12.2 Å². The highest BCUT2D eigenvalue weighted by molar-refractivity contribution is 6.76. The first-order valence-electron chi connectivity index (χ1n) is 5.77. The molecule has 3 unspecified atom stereocenters. The molecule has 0 bridgehead atoms. The van der Waals surface area contributed by atoms with Crippen LogP contribution in [0, 0.1) is 23.2 Å². The van der Waals surface area contributed by atoms with Crippen molar-refractivity contribution in [3.63, 3.8) is 0 Å². The number of alkyl halides is 3. The topological polar surface area (TPSA) is 62.5 Å². The molecule has 0 amide bonds. The Kier molecular flexibility index (Phi) is 5.57. The Morgan fingerprint density at radius 2 is 1.78 bits per heavy atom. The Hall–Kier alpha value is 0.260. The SMILES string of the molecule is CC1C(C)[C@@H](C)C(CO)O[C@H]1OC(=N)C(Cl)(Cl)Cl. The van der Waals surface area contributed by atoms with Gasteiger partial charge < -0.3 is 14.6 Å². The van der Waals surface area contributed by atoms with Crippen LogP contribution >= 0.6 is 34.8 Å². The Bertz CT molecular complexity index is 306. The summed E-state index contributed by atoms with van der Waals surface area (Å²) in [6, 6.07) is 0. The van der Waals surface area contributed by atoms with Crippen molar-refractivity contribution in [2.24, 2.45) is 17.8 Å². The van der Waals surface area contributed by atoms with E-state index in [2.05, 4.69) is 6.92 Å². The van der Waals surface area contributed by atoms with Crippen LogP contribution in [0.5, 0.6) is 0 Å². The minimum Gasteiger partial charge on any atom is -0.448 e. The minimum absolute atomic E-state index is 0.0375. The molecule has 0 aromatic carbocycles. The number of rotatable bonds is 2. The van der Waals surface area contributed by atoms with Gasteiger partial charge in [-0.25, -0.2) is 0 Å². The molecule has 0 saturated carbocycles. The first-order valence-corrected chi connectivity index (χ1v) is 6.90. The largest absolute Gasteiger partial charge is 0.448 e. The molecule has 1 rings (SSSR count). The number of aliphatic hydroxyl groups is 1. The fourth-order valence-corrected chi connectivity index (χ4v) is 2.15. The van der Waals surface area contributed by atoms with Crippen molar-refractivity contribution in [1.82, 2.24) is 0 Å². The van der Waals surface area contributed by atoms with Crippen molar-refractivity contribution >= 4 is 40.7 Å². The van der Waals surface area contributed by atoms with E-state index in [1.54, 1.807) is 0 Å². The third-order valence-corrected chi connectivity index (χ3v) is 4.17. The summed E-state index contributed by atoms with van der Waals surface area (Å²) >= 11 is 16.7. The van der Waals surface area contributed by atoms with Crippen LogP contribution in [-0.2, 0) is 9.47 Å². The molecule has 0 aromatic heterocycles. The van der Waals surface area contributed by atoms with Crippen molar-refractivity contribution in [3.8, 4) is 0 Å². The third kappa shape index (κ3) is 3.64. The molecule has 1 aliphatic heterocycles. The van der Waals surface area contributed by atoms with Gasteiger partial charge >= 0.3 is 0 Å². The number of aliphatic hydroxyl groups excluding tert-OH is 1. The fourth-order valence-electron chi connectivity index (χ4n) is 2.01. The van der Waals surface area contributed by atoms with Crippen molar-refractivity contribution in [2.75, 3.05) is 6.61 Å². The molecule has 0 aromatic rings. The van der Waals surface area contributed by atoms with Gasteiger partial charge in [0.15, 0.2) is 0 Å². The van der Waals surface area contributed by atoms with Gasteiger partial charge in [-0.2, -0.15) is 0 Å². The lowest BCUT2D eigenvalue weighted by Crippen LogP contribution is -2.48. The molecular weight excluding hydrogens is 300 g/mol. The third-order valence-electron chi connectivity index (χ3n) is 3.65. The fraction of sp³-hybridized carbons (Fsp3) is 0.909. The summed E-state index contributed by atoms with van der Waals surface area (Å²) in [6.07, 6.45) is -1.01.